The van der Waals surface area contributed by atoms with Crippen molar-refractivity contribution in [2.24, 2.45) is 5.73 Å². The van der Waals surface area contributed by atoms with Gasteiger partial charge in [0.1, 0.15) is 11.9 Å². The van der Waals surface area contributed by atoms with E-state index in [9.17, 15) is 13.6 Å². The van der Waals surface area contributed by atoms with Crippen LogP contribution in [0.15, 0.2) is 18.2 Å². The second-order valence-corrected chi connectivity index (χ2v) is 6.23. The molecule has 0 atom stereocenters. The van der Waals surface area contributed by atoms with Crippen LogP contribution in [-0.4, -0.2) is 36.5 Å². The Morgan fingerprint density at radius 1 is 1.16 bits per heavy atom. The van der Waals surface area contributed by atoms with Crippen molar-refractivity contribution in [2.75, 3.05) is 19.6 Å². The number of likely N-dealkylation sites (tertiary alicyclic amines) is 1. The number of nitrogens with zero attached hydrogens (tertiary/aromatic N) is 1. The molecule has 1 amide bonds. The van der Waals surface area contributed by atoms with Crippen LogP contribution in [0.1, 0.15) is 44.9 Å². The summed E-state index contributed by atoms with van der Waals surface area (Å²) in [6, 6.07) is 3.31. The molecule has 4 nitrogen and oxygen atoms in total. The molecule has 1 heterocycles. The van der Waals surface area contributed by atoms with Crippen LogP contribution in [0.2, 0.25) is 0 Å². The second-order valence-electron chi connectivity index (χ2n) is 6.23. The van der Waals surface area contributed by atoms with Gasteiger partial charge in [0.25, 0.3) is 0 Å². The number of carbonyl (C=O) groups excluding carboxylic acids is 1. The highest BCUT2D eigenvalue weighted by atomic mass is 35.5. The minimum absolute atomic E-state index is 0. The number of carbonyl (C=O) groups is 1. The van der Waals surface area contributed by atoms with Crippen molar-refractivity contribution in [3.8, 4) is 5.75 Å². The first-order chi connectivity index (χ1) is 11.6. The van der Waals surface area contributed by atoms with Gasteiger partial charge in [-0.1, -0.05) is 12.8 Å². The molecule has 1 saturated heterocycles. The van der Waals surface area contributed by atoms with Crippen LogP contribution in [-0.2, 0) is 4.79 Å². The van der Waals surface area contributed by atoms with Gasteiger partial charge in [0.15, 0.2) is 11.6 Å². The molecule has 7 heteroatoms. The van der Waals surface area contributed by atoms with Gasteiger partial charge in [0.05, 0.1) is 0 Å². The molecule has 1 aromatic rings. The summed E-state index contributed by atoms with van der Waals surface area (Å²) in [5.74, 6) is -1.06. The number of piperidine rings is 1. The van der Waals surface area contributed by atoms with Crippen LogP contribution in [0.5, 0.6) is 5.75 Å². The van der Waals surface area contributed by atoms with Crippen LogP contribution in [0.4, 0.5) is 8.78 Å². The lowest BCUT2D eigenvalue weighted by molar-refractivity contribution is -0.133. The molecule has 1 aromatic carbocycles. The topological polar surface area (TPSA) is 55.6 Å². The molecule has 0 radical (unpaired) electrons. The van der Waals surface area contributed by atoms with Crippen molar-refractivity contribution >= 4 is 18.3 Å². The zero-order valence-electron chi connectivity index (χ0n) is 14.4. The molecule has 25 heavy (non-hydrogen) atoms. The number of ether oxygens (including phenoxy) is 1. The van der Waals surface area contributed by atoms with E-state index in [0.717, 1.165) is 31.7 Å². The van der Waals surface area contributed by atoms with E-state index in [4.69, 9.17) is 10.5 Å². The van der Waals surface area contributed by atoms with Gasteiger partial charge in [-0.15, -0.1) is 12.4 Å². The summed E-state index contributed by atoms with van der Waals surface area (Å²) in [4.78, 5) is 14.0. The molecule has 0 spiro atoms. The first kappa shape index (κ1) is 21.6. The fourth-order valence-corrected chi connectivity index (χ4v) is 2.91. The largest absolute Gasteiger partial charge is 0.487 e. The number of hydrogen-bond donors (Lipinski definition) is 1. The van der Waals surface area contributed by atoms with Gasteiger partial charge in [0, 0.05) is 38.4 Å². The van der Waals surface area contributed by atoms with Gasteiger partial charge in [0.2, 0.25) is 5.91 Å². The summed E-state index contributed by atoms with van der Waals surface area (Å²) >= 11 is 0. The monoisotopic (exact) mass is 376 g/mol. The highest BCUT2D eigenvalue weighted by Gasteiger charge is 2.24. The smallest absolute Gasteiger partial charge is 0.222 e. The van der Waals surface area contributed by atoms with Crippen molar-refractivity contribution in [3.05, 3.63) is 29.8 Å². The molecular weight excluding hydrogens is 350 g/mol. The highest BCUT2D eigenvalue weighted by molar-refractivity contribution is 5.85. The van der Waals surface area contributed by atoms with E-state index < -0.39 is 11.6 Å². The summed E-state index contributed by atoms with van der Waals surface area (Å²) in [5.41, 5.74) is 5.44. The third kappa shape index (κ3) is 7.16. The normalized spacial score (nSPS) is 14.9. The standard InChI is InChI=1S/C18H26F2N2O2.ClH/c19-14-6-7-17(16(20)13-14)24-15-8-11-22(12-9-15)18(23)5-3-1-2-4-10-21;/h6-7,13,15H,1-5,8-12,21H2;1H. The Morgan fingerprint density at radius 2 is 1.84 bits per heavy atom. The maximum Gasteiger partial charge on any atom is 0.222 e. The van der Waals surface area contributed by atoms with Gasteiger partial charge < -0.3 is 15.4 Å². The fourth-order valence-electron chi connectivity index (χ4n) is 2.91. The lowest BCUT2D eigenvalue weighted by Crippen LogP contribution is -2.41. The molecular formula is C18H27ClF2N2O2. The Morgan fingerprint density at radius 3 is 2.48 bits per heavy atom. The van der Waals surface area contributed by atoms with Crippen LogP contribution in [0.3, 0.4) is 0 Å². The quantitative estimate of drug-likeness (QED) is 0.704. The van der Waals surface area contributed by atoms with Gasteiger partial charge in [-0.3, -0.25) is 4.79 Å². The first-order valence-corrected chi connectivity index (χ1v) is 8.69. The van der Waals surface area contributed by atoms with Gasteiger partial charge in [-0.25, -0.2) is 8.78 Å². The van der Waals surface area contributed by atoms with Crippen LogP contribution in [0.25, 0.3) is 0 Å². The molecule has 0 unspecified atom stereocenters. The zero-order chi connectivity index (χ0) is 17.4. The van der Waals surface area contributed by atoms with Gasteiger partial charge in [-0.05, 0) is 31.5 Å². The maximum absolute atomic E-state index is 13.6. The number of hydrogen-bond acceptors (Lipinski definition) is 3. The van der Waals surface area contributed by atoms with E-state index in [1.54, 1.807) is 0 Å². The number of unbranched alkanes of at least 4 members (excludes halogenated alkanes) is 3. The number of rotatable bonds is 8. The third-order valence-electron chi connectivity index (χ3n) is 4.33. The molecule has 0 aliphatic carbocycles. The van der Waals surface area contributed by atoms with Gasteiger partial charge in [-0.2, -0.15) is 0 Å². The minimum atomic E-state index is -0.689. The van der Waals surface area contributed by atoms with Gasteiger partial charge >= 0.3 is 0 Å². The van der Waals surface area contributed by atoms with E-state index in [-0.39, 0.29) is 30.2 Å². The summed E-state index contributed by atoms with van der Waals surface area (Å²) in [5, 5.41) is 0. The molecule has 0 bridgehead atoms. The second kappa shape index (κ2) is 11.3. The maximum atomic E-state index is 13.6. The number of nitrogens with two attached hydrogens (primary N) is 1. The summed E-state index contributed by atoms with van der Waals surface area (Å²) in [6.07, 6.45) is 5.77. The average molecular weight is 377 g/mol. The van der Waals surface area contributed by atoms with Crippen LogP contribution >= 0.6 is 12.4 Å². The Hall–Kier alpha value is -1.40. The van der Waals surface area contributed by atoms with Crippen LogP contribution < -0.4 is 10.5 Å². The van der Waals surface area contributed by atoms with E-state index in [0.29, 0.717) is 38.9 Å². The van der Waals surface area contributed by atoms with E-state index in [2.05, 4.69) is 0 Å². The molecule has 2 rings (SSSR count). The predicted molar refractivity (Wildman–Crippen MR) is 96.0 cm³/mol. The lowest BCUT2D eigenvalue weighted by Gasteiger charge is -2.32. The van der Waals surface area contributed by atoms with Crippen molar-refractivity contribution in [2.45, 2.75) is 51.0 Å². The first-order valence-electron chi connectivity index (χ1n) is 8.69. The molecule has 0 aromatic heterocycles. The summed E-state index contributed by atoms with van der Waals surface area (Å²) in [7, 11) is 0. The van der Waals surface area contributed by atoms with E-state index >= 15 is 0 Å². The fraction of sp³-hybridized carbons (Fsp3) is 0.611. The van der Waals surface area contributed by atoms with Crippen LogP contribution in [0, 0.1) is 11.6 Å². The Kier molecular flexibility index (Phi) is 9.75. The predicted octanol–water partition coefficient (Wildman–Crippen LogP) is 3.67. The highest BCUT2D eigenvalue weighted by Crippen LogP contribution is 2.23. The van der Waals surface area contributed by atoms with Crippen molar-refractivity contribution in [1.82, 2.24) is 4.90 Å². The average Bonchev–Trinajstić information content (AvgIpc) is 2.57. The molecule has 142 valence electrons. The third-order valence-corrected chi connectivity index (χ3v) is 4.33. The number of amides is 1. The summed E-state index contributed by atoms with van der Waals surface area (Å²) < 4.78 is 32.1. The Bertz CT molecular complexity index is 538. The van der Waals surface area contributed by atoms with E-state index in [1.165, 1.54) is 12.1 Å². The zero-order valence-corrected chi connectivity index (χ0v) is 15.2. The van der Waals surface area contributed by atoms with Crippen molar-refractivity contribution in [1.29, 1.82) is 0 Å². The Balaban J connectivity index is 0.00000312. The molecule has 1 aliphatic heterocycles. The van der Waals surface area contributed by atoms with E-state index in [1.807, 2.05) is 4.90 Å². The van der Waals surface area contributed by atoms with Crippen molar-refractivity contribution < 1.29 is 18.3 Å². The van der Waals surface area contributed by atoms with Crippen molar-refractivity contribution in [3.63, 3.8) is 0 Å². The molecule has 1 fully saturated rings. The minimum Gasteiger partial charge on any atom is -0.487 e. The SMILES string of the molecule is Cl.NCCCCCCC(=O)N1CCC(Oc2ccc(F)cc2F)CC1. The molecule has 2 N–H and O–H groups in total. The molecule has 0 saturated carbocycles. The Labute approximate surface area is 154 Å². The lowest BCUT2D eigenvalue weighted by atomic mass is 10.1. The number of halogens is 3. The number of benzene rings is 1. The summed E-state index contributed by atoms with van der Waals surface area (Å²) in [6.45, 7) is 1.94. The molecule has 1 aliphatic rings.